The second-order valence-electron chi connectivity index (χ2n) is 6.06. The predicted octanol–water partition coefficient (Wildman–Crippen LogP) is 2.62. The first kappa shape index (κ1) is 16.4. The third-order valence-corrected chi connectivity index (χ3v) is 4.50. The Morgan fingerprint density at radius 3 is 2.88 bits per heavy atom. The van der Waals surface area contributed by atoms with Gasteiger partial charge in [0.2, 0.25) is 5.91 Å². The number of nitrogens with two attached hydrogens (primary N) is 1. The maximum absolute atomic E-state index is 12.9. The summed E-state index contributed by atoms with van der Waals surface area (Å²) in [5.41, 5.74) is 6.85. The molecule has 1 saturated heterocycles. The first-order chi connectivity index (χ1) is 11.5. The summed E-state index contributed by atoms with van der Waals surface area (Å²) in [5.74, 6) is 0.272. The van der Waals surface area contributed by atoms with E-state index in [-0.39, 0.29) is 11.7 Å². The van der Waals surface area contributed by atoms with Crippen LogP contribution in [0, 0.1) is 6.92 Å². The monoisotopic (exact) mass is 330 g/mol. The molecule has 0 bridgehead atoms. The number of rotatable bonds is 4. The van der Waals surface area contributed by atoms with Crippen LogP contribution >= 0.6 is 0 Å². The Hall–Kier alpha value is -2.50. The van der Waals surface area contributed by atoms with Crippen LogP contribution in [-0.2, 0) is 4.79 Å². The Labute approximate surface area is 140 Å². The molecule has 2 aromatic rings. The van der Waals surface area contributed by atoms with Gasteiger partial charge in [-0.25, -0.2) is 0 Å². The highest BCUT2D eigenvalue weighted by Gasteiger charge is 2.33. The molecule has 2 amide bonds. The summed E-state index contributed by atoms with van der Waals surface area (Å²) < 4.78 is 11.3. The van der Waals surface area contributed by atoms with Crippen molar-refractivity contribution < 1.29 is 18.7 Å². The van der Waals surface area contributed by atoms with Crippen LogP contribution < -0.4 is 10.5 Å². The maximum Gasteiger partial charge on any atom is 0.290 e. The minimum Gasteiger partial charge on any atom is -0.494 e. The molecule has 0 spiro atoms. The van der Waals surface area contributed by atoms with Crippen LogP contribution in [0.3, 0.4) is 0 Å². The first-order valence-corrected chi connectivity index (χ1v) is 8.29. The Morgan fingerprint density at radius 2 is 2.17 bits per heavy atom. The first-order valence-electron chi connectivity index (χ1n) is 8.29. The summed E-state index contributed by atoms with van der Waals surface area (Å²) in [6.07, 6.45) is 2.37. The number of carbonyl (C=O) groups excluding carboxylic acids is 2. The fourth-order valence-electron chi connectivity index (χ4n) is 3.26. The molecule has 1 fully saturated rings. The van der Waals surface area contributed by atoms with E-state index in [4.69, 9.17) is 14.9 Å². The van der Waals surface area contributed by atoms with Gasteiger partial charge in [-0.3, -0.25) is 9.59 Å². The molecule has 6 heteroatoms. The number of nitrogens with zero attached hydrogens (tertiary/aromatic N) is 1. The van der Waals surface area contributed by atoms with E-state index in [1.54, 1.807) is 11.0 Å². The third kappa shape index (κ3) is 2.84. The number of ether oxygens (including phenoxy) is 1. The number of fused-ring (bicyclic) bond motifs is 1. The molecular weight excluding hydrogens is 308 g/mol. The molecule has 128 valence electrons. The molecule has 1 aliphatic rings. The fourth-order valence-corrected chi connectivity index (χ4v) is 3.26. The van der Waals surface area contributed by atoms with Crippen molar-refractivity contribution in [2.24, 2.45) is 5.73 Å². The van der Waals surface area contributed by atoms with Gasteiger partial charge in [0.1, 0.15) is 17.4 Å². The second kappa shape index (κ2) is 6.55. The number of furan rings is 1. The van der Waals surface area contributed by atoms with Crippen LogP contribution in [-0.4, -0.2) is 35.9 Å². The number of benzene rings is 1. The van der Waals surface area contributed by atoms with Gasteiger partial charge >= 0.3 is 0 Å². The van der Waals surface area contributed by atoms with E-state index in [1.807, 2.05) is 26.0 Å². The lowest BCUT2D eigenvalue weighted by Crippen LogP contribution is -2.50. The van der Waals surface area contributed by atoms with Crippen molar-refractivity contribution in [3.05, 3.63) is 29.5 Å². The van der Waals surface area contributed by atoms with E-state index in [1.165, 1.54) is 0 Å². The van der Waals surface area contributed by atoms with Gasteiger partial charge in [-0.15, -0.1) is 0 Å². The number of likely N-dealkylation sites (tertiary alicyclic amines) is 1. The van der Waals surface area contributed by atoms with Crippen LogP contribution in [0.2, 0.25) is 0 Å². The average molecular weight is 330 g/mol. The predicted molar refractivity (Wildman–Crippen MR) is 90.0 cm³/mol. The Morgan fingerprint density at radius 1 is 1.38 bits per heavy atom. The number of piperidine rings is 1. The zero-order valence-electron chi connectivity index (χ0n) is 14.0. The molecule has 0 radical (unpaired) electrons. The van der Waals surface area contributed by atoms with E-state index in [0.717, 1.165) is 29.5 Å². The molecule has 3 rings (SSSR count). The molecule has 0 aliphatic carbocycles. The Kier molecular flexibility index (Phi) is 4.46. The number of hydrogen-bond acceptors (Lipinski definition) is 4. The standard InChI is InChI=1S/C18H22N2O4/c1-3-23-12-7-8-15-13(10-12)11(2)16(24-15)18(22)20-9-5-4-6-14(20)17(19)21/h7-8,10,14H,3-6,9H2,1-2H3,(H2,19,21). The van der Waals surface area contributed by atoms with Gasteiger partial charge in [0.15, 0.2) is 5.76 Å². The van der Waals surface area contributed by atoms with E-state index in [0.29, 0.717) is 25.2 Å². The maximum atomic E-state index is 12.9. The van der Waals surface area contributed by atoms with Gasteiger partial charge in [0.25, 0.3) is 5.91 Å². The summed E-state index contributed by atoms with van der Waals surface area (Å²) in [6.45, 7) is 4.86. The molecular formula is C18H22N2O4. The minimum absolute atomic E-state index is 0.270. The molecule has 1 aliphatic heterocycles. The summed E-state index contributed by atoms with van der Waals surface area (Å²) in [7, 11) is 0. The zero-order valence-corrected chi connectivity index (χ0v) is 14.0. The molecule has 1 aromatic heterocycles. The van der Waals surface area contributed by atoms with Crippen molar-refractivity contribution >= 4 is 22.8 Å². The van der Waals surface area contributed by atoms with E-state index in [9.17, 15) is 9.59 Å². The molecule has 24 heavy (non-hydrogen) atoms. The quantitative estimate of drug-likeness (QED) is 0.933. The summed E-state index contributed by atoms with van der Waals surface area (Å²) in [4.78, 5) is 26.1. The smallest absolute Gasteiger partial charge is 0.290 e. The molecule has 0 saturated carbocycles. The highest BCUT2D eigenvalue weighted by atomic mass is 16.5. The molecule has 2 N–H and O–H groups in total. The molecule has 1 unspecified atom stereocenters. The number of aryl methyl sites for hydroxylation is 1. The van der Waals surface area contributed by atoms with Crippen molar-refractivity contribution in [1.82, 2.24) is 4.90 Å². The minimum atomic E-state index is -0.558. The van der Waals surface area contributed by atoms with E-state index in [2.05, 4.69) is 0 Å². The fraction of sp³-hybridized carbons (Fsp3) is 0.444. The number of primary amides is 1. The van der Waals surface area contributed by atoms with Crippen LogP contribution in [0.25, 0.3) is 11.0 Å². The van der Waals surface area contributed by atoms with E-state index >= 15 is 0 Å². The largest absolute Gasteiger partial charge is 0.494 e. The van der Waals surface area contributed by atoms with Crippen molar-refractivity contribution in [3.8, 4) is 5.75 Å². The molecule has 2 heterocycles. The Bertz CT molecular complexity index is 781. The molecule has 1 aromatic carbocycles. The number of carbonyl (C=O) groups is 2. The van der Waals surface area contributed by atoms with Gasteiger partial charge in [-0.05, 0) is 51.3 Å². The summed E-state index contributed by atoms with van der Waals surface area (Å²) in [6, 6.07) is 4.93. The Balaban J connectivity index is 1.97. The van der Waals surface area contributed by atoms with Gasteiger partial charge in [-0.2, -0.15) is 0 Å². The van der Waals surface area contributed by atoms with Crippen LogP contribution in [0.1, 0.15) is 42.3 Å². The van der Waals surface area contributed by atoms with Gasteiger partial charge in [0, 0.05) is 17.5 Å². The second-order valence-corrected chi connectivity index (χ2v) is 6.06. The van der Waals surface area contributed by atoms with Crippen LogP contribution in [0.15, 0.2) is 22.6 Å². The lowest BCUT2D eigenvalue weighted by Gasteiger charge is -2.33. The van der Waals surface area contributed by atoms with Crippen LogP contribution in [0.4, 0.5) is 0 Å². The number of hydrogen-bond donors (Lipinski definition) is 1. The molecule has 6 nitrogen and oxygen atoms in total. The highest BCUT2D eigenvalue weighted by molar-refractivity contribution is 6.01. The molecule has 1 atom stereocenters. The van der Waals surface area contributed by atoms with Crippen LogP contribution in [0.5, 0.6) is 5.75 Å². The van der Waals surface area contributed by atoms with Crippen molar-refractivity contribution in [2.75, 3.05) is 13.2 Å². The van der Waals surface area contributed by atoms with Crippen molar-refractivity contribution in [3.63, 3.8) is 0 Å². The van der Waals surface area contributed by atoms with E-state index < -0.39 is 11.9 Å². The number of amides is 2. The summed E-state index contributed by atoms with van der Waals surface area (Å²) >= 11 is 0. The van der Waals surface area contributed by atoms with Gasteiger partial charge < -0.3 is 19.8 Å². The summed E-state index contributed by atoms with van der Waals surface area (Å²) in [5, 5.41) is 0.844. The lowest BCUT2D eigenvalue weighted by molar-refractivity contribution is -0.123. The van der Waals surface area contributed by atoms with Gasteiger partial charge in [-0.1, -0.05) is 0 Å². The lowest BCUT2D eigenvalue weighted by atomic mass is 10.0. The van der Waals surface area contributed by atoms with Crippen molar-refractivity contribution in [1.29, 1.82) is 0 Å². The average Bonchev–Trinajstić information content (AvgIpc) is 2.91. The topological polar surface area (TPSA) is 85.8 Å². The normalized spacial score (nSPS) is 17.9. The SMILES string of the molecule is CCOc1ccc2oc(C(=O)N3CCCCC3C(N)=O)c(C)c2c1. The zero-order chi connectivity index (χ0) is 17.3. The van der Waals surface area contributed by atoms with Gasteiger partial charge in [0.05, 0.1) is 6.61 Å². The van der Waals surface area contributed by atoms with Crippen molar-refractivity contribution in [2.45, 2.75) is 39.2 Å². The highest BCUT2D eigenvalue weighted by Crippen LogP contribution is 2.31. The third-order valence-electron chi connectivity index (χ3n) is 4.50.